The van der Waals surface area contributed by atoms with Crippen LogP contribution in [0.2, 0.25) is 0 Å². The van der Waals surface area contributed by atoms with Gasteiger partial charge in [0.05, 0.1) is 16.2 Å². The van der Waals surface area contributed by atoms with Crippen molar-refractivity contribution < 1.29 is 23.2 Å². The van der Waals surface area contributed by atoms with Crippen LogP contribution in [0, 0.1) is 10.1 Å². The van der Waals surface area contributed by atoms with Crippen molar-refractivity contribution in [2.24, 2.45) is 0 Å². The monoisotopic (exact) mass is 303 g/mol. The number of aromatic carboxylic acids is 1. The van der Waals surface area contributed by atoms with Gasteiger partial charge >= 0.3 is 5.97 Å². The van der Waals surface area contributed by atoms with Gasteiger partial charge in [-0.15, -0.1) is 0 Å². The van der Waals surface area contributed by atoms with Gasteiger partial charge in [-0.3, -0.25) is 14.8 Å². The van der Waals surface area contributed by atoms with Gasteiger partial charge in [0.15, 0.2) is 0 Å². The maximum Gasteiger partial charge on any atom is 0.338 e. The van der Waals surface area contributed by atoms with Gasteiger partial charge in [-0.05, 0) is 19.9 Å². The predicted octanol–water partition coefficient (Wildman–Crippen LogP) is 0.948. The first-order chi connectivity index (χ1) is 9.12. The zero-order valence-electron chi connectivity index (χ0n) is 10.7. The molecular formula is C10H13N3O6S. The van der Waals surface area contributed by atoms with Gasteiger partial charge < -0.3 is 5.11 Å². The maximum atomic E-state index is 11.7. The van der Waals surface area contributed by atoms with Crippen LogP contribution in [0.4, 0.5) is 11.4 Å². The summed E-state index contributed by atoms with van der Waals surface area (Å²) in [6.07, 6.45) is 0. The van der Waals surface area contributed by atoms with E-state index in [4.69, 9.17) is 5.11 Å². The van der Waals surface area contributed by atoms with Crippen molar-refractivity contribution in [1.29, 1.82) is 0 Å². The Morgan fingerprint density at radius 2 is 2.00 bits per heavy atom. The molecule has 0 aromatic heterocycles. The molecule has 0 aliphatic heterocycles. The second kappa shape index (κ2) is 5.84. The Morgan fingerprint density at radius 1 is 1.40 bits per heavy atom. The summed E-state index contributed by atoms with van der Waals surface area (Å²) in [5.74, 6) is -1.48. The number of non-ortho nitro benzene ring substituents is 1. The van der Waals surface area contributed by atoms with Crippen molar-refractivity contribution >= 4 is 27.6 Å². The number of nitrogens with one attached hydrogen (secondary N) is 2. The third kappa shape index (κ3) is 4.17. The summed E-state index contributed by atoms with van der Waals surface area (Å²) in [7, 11) is -3.96. The number of carboxylic acids is 1. The minimum Gasteiger partial charge on any atom is -0.478 e. The topological polar surface area (TPSA) is 139 Å². The molecular weight excluding hydrogens is 290 g/mol. The van der Waals surface area contributed by atoms with Crippen LogP contribution >= 0.6 is 0 Å². The highest BCUT2D eigenvalue weighted by Crippen LogP contribution is 2.22. The van der Waals surface area contributed by atoms with Crippen molar-refractivity contribution in [3.8, 4) is 0 Å². The first-order valence-corrected chi connectivity index (χ1v) is 6.92. The van der Waals surface area contributed by atoms with Crippen molar-refractivity contribution in [1.82, 2.24) is 4.72 Å². The van der Waals surface area contributed by atoms with Crippen LogP contribution in [0.3, 0.4) is 0 Å². The molecule has 1 aromatic carbocycles. The van der Waals surface area contributed by atoms with E-state index < -0.39 is 32.4 Å². The summed E-state index contributed by atoms with van der Waals surface area (Å²) in [6, 6.07) is 2.44. The van der Waals surface area contributed by atoms with Crippen molar-refractivity contribution in [3.63, 3.8) is 0 Å². The quantitative estimate of drug-likeness (QED) is 0.528. The highest BCUT2D eigenvalue weighted by atomic mass is 32.2. The fraction of sp³-hybridized carbons (Fsp3) is 0.300. The van der Waals surface area contributed by atoms with Gasteiger partial charge in [0.2, 0.25) is 0 Å². The van der Waals surface area contributed by atoms with E-state index in [0.717, 1.165) is 18.2 Å². The smallest absolute Gasteiger partial charge is 0.338 e. The fourth-order valence-electron chi connectivity index (χ4n) is 1.40. The summed E-state index contributed by atoms with van der Waals surface area (Å²) in [5.41, 5.74) is -1.20. The Morgan fingerprint density at radius 3 is 2.45 bits per heavy atom. The lowest BCUT2D eigenvalue weighted by molar-refractivity contribution is -0.384. The molecule has 0 unspecified atom stereocenters. The number of nitrogens with zero attached hydrogens (tertiary/aromatic N) is 1. The second-order valence-corrected chi connectivity index (χ2v) is 5.62. The largest absolute Gasteiger partial charge is 0.478 e. The van der Waals surface area contributed by atoms with Crippen LogP contribution in [-0.2, 0) is 10.2 Å². The molecule has 9 nitrogen and oxygen atoms in total. The normalized spacial score (nSPS) is 11.3. The van der Waals surface area contributed by atoms with Crippen molar-refractivity contribution in [2.45, 2.75) is 19.9 Å². The van der Waals surface area contributed by atoms with E-state index >= 15 is 0 Å². The number of rotatable bonds is 6. The van der Waals surface area contributed by atoms with Crippen LogP contribution in [0.25, 0.3) is 0 Å². The van der Waals surface area contributed by atoms with Gasteiger partial charge in [-0.25, -0.2) is 4.79 Å². The standard InChI is InChI=1S/C10H13N3O6S/c1-6(2)11-20(18,19)12-9-4-3-7(13(16)17)5-8(9)10(14)15/h3-6,11-12H,1-2H3,(H,14,15). The number of anilines is 1. The third-order valence-corrected chi connectivity index (χ3v) is 3.35. The predicted molar refractivity (Wildman–Crippen MR) is 70.9 cm³/mol. The number of hydrogen-bond donors (Lipinski definition) is 3. The molecule has 1 rings (SSSR count). The summed E-state index contributed by atoms with van der Waals surface area (Å²) in [5, 5.41) is 19.6. The van der Waals surface area contributed by atoms with E-state index in [1.807, 2.05) is 4.72 Å². The third-order valence-electron chi connectivity index (χ3n) is 2.08. The van der Waals surface area contributed by atoms with E-state index in [1.54, 1.807) is 13.8 Å². The molecule has 0 amide bonds. The highest BCUT2D eigenvalue weighted by Gasteiger charge is 2.20. The number of carbonyl (C=O) groups is 1. The zero-order valence-corrected chi connectivity index (χ0v) is 11.5. The van der Waals surface area contributed by atoms with Crippen LogP contribution in [0.5, 0.6) is 0 Å². The Labute approximate surface area is 114 Å². The Balaban J connectivity index is 3.19. The van der Waals surface area contributed by atoms with Gasteiger partial charge in [0, 0.05) is 18.2 Å². The molecule has 0 saturated carbocycles. The number of carboxylic acid groups (broad SMARTS) is 1. The van der Waals surface area contributed by atoms with E-state index in [-0.39, 0.29) is 11.7 Å². The summed E-state index contributed by atoms with van der Waals surface area (Å²) in [4.78, 5) is 20.8. The Hall–Kier alpha value is -2.20. The first kappa shape index (κ1) is 15.9. The van der Waals surface area contributed by atoms with Crippen molar-refractivity contribution in [2.75, 3.05) is 4.72 Å². The molecule has 0 atom stereocenters. The van der Waals surface area contributed by atoms with Gasteiger partial charge in [0.1, 0.15) is 0 Å². The van der Waals surface area contributed by atoms with E-state index in [1.165, 1.54) is 0 Å². The van der Waals surface area contributed by atoms with E-state index in [9.17, 15) is 23.3 Å². The lowest BCUT2D eigenvalue weighted by Crippen LogP contribution is -2.35. The molecule has 0 bridgehead atoms. The lowest BCUT2D eigenvalue weighted by Gasteiger charge is -2.13. The average Bonchev–Trinajstić information content (AvgIpc) is 2.26. The molecule has 0 aliphatic carbocycles. The molecule has 0 aliphatic rings. The molecule has 20 heavy (non-hydrogen) atoms. The molecule has 1 aromatic rings. The fourth-order valence-corrected chi connectivity index (χ4v) is 2.54. The summed E-state index contributed by atoms with van der Waals surface area (Å²) >= 11 is 0. The SMILES string of the molecule is CC(C)NS(=O)(=O)Nc1ccc([N+](=O)[O-])cc1C(=O)O. The van der Waals surface area contributed by atoms with Gasteiger partial charge in [0.25, 0.3) is 15.9 Å². The highest BCUT2D eigenvalue weighted by molar-refractivity contribution is 7.90. The second-order valence-electron chi connectivity index (χ2n) is 4.17. The van der Waals surface area contributed by atoms with Crippen LogP contribution < -0.4 is 9.44 Å². The lowest BCUT2D eigenvalue weighted by atomic mass is 10.1. The molecule has 0 fully saturated rings. The Bertz CT molecular complexity index is 640. The molecule has 0 spiro atoms. The van der Waals surface area contributed by atoms with Crippen LogP contribution in [0.1, 0.15) is 24.2 Å². The van der Waals surface area contributed by atoms with E-state index in [0.29, 0.717) is 0 Å². The summed E-state index contributed by atoms with van der Waals surface area (Å²) in [6.45, 7) is 3.18. The number of nitro benzene ring substituents is 1. The van der Waals surface area contributed by atoms with Crippen LogP contribution in [-0.4, -0.2) is 30.5 Å². The summed E-state index contributed by atoms with van der Waals surface area (Å²) < 4.78 is 27.5. The van der Waals surface area contributed by atoms with E-state index in [2.05, 4.69) is 4.72 Å². The Kier molecular flexibility index (Phi) is 4.63. The number of nitro groups is 1. The molecule has 0 radical (unpaired) electrons. The number of hydrogen-bond acceptors (Lipinski definition) is 5. The molecule has 10 heteroatoms. The first-order valence-electron chi connectivity index (χ1n) is 5.44. The van der Waals surface area contributed by atoms with Crippen LogP contribution in [0.15, 0.2) is 18.2 Å². The molecule has 0 heterocycles. The zero-order chi connectivity index (χ0) is 15.5. The molecule has 3 N–H and O–H groups in total. The van der Waals surface area contributed by atoms with Gasteiger partial charge in [-0.1, -0.05) is 0 Å². The maximum absolute atomic E-state index is 11.7. The van der Waals surface area contributed by atoms with Gasteiger partial charge in [-0.2, -0.15) is 13.1 Å². The molecule has 110 valence electrons. The molecule has 0 saturated heterocycles. The van der Waals surface area contributed by atoms with Crippen molar-refractivity contribution in [3.05, 3.63) is 33.9 Å². The minimum atomic E-state index is -3.96. The number of benzene rings is 1. The average molecular weight is 303 g/mol. The minimum absolute atomic E-state index is 0.253.